The van der Waals surface area contributed by atoms with E-state index >= 15 is 0 Å². The summed E-state index contributed by atoms with van der Waals surface area (Å²) in [5.74, 6) is -0.319. The minimum absolute atomic E-state index is 0.0412. The van der Waals surface area contributed by atoms with Gasteiger partial charge in [0.1, 0.15) is 17.4 Å². The molecule has 27 heavy (non-hydrogen) atoms. The molecule has 9 heteroatoms. The summed E-state index contributed by atoms with van der Waals surface area (Å²) in [4.78, 5) is 12.6. The van der Waals surface area contributed by atoms with E-state index in [2.05, 4.69) is 0 Å². The molecule has 0 amide bonds. The van der Waals surface area contributed by atoms with Crippen molar-refractivity contribution < 1.29 is 28.5 Å². The van der Waals surface area contributed by atoms with Crippen molar-refractivity contribution in [3.05, 3.63) is 40.5 Å². The molecule has 1 unspecified atom stereocenters. The molecule has 0 saturated heterocycles. The minimum atomic E-state index is -0.847. The number of benzene rings is 1. The van der Waals surface area contributed by atoms with E-state index in [1.807, 2.05) is 6.07 Å². The normalized spacial score (nSPS) is 18.1. The van der Waals surface area contributed by atoms with E-state index in [1.54, 1.807) is 19.1 Å². The van der Waals surface area contributed by atoms with Gasteiger partial charge in [-0.2, -0.15) is 5.26 Å². The van der Waals surface area contributed by atoms with Crippen molar-refractivity contribution in [2.75, 3.05) is 26.4 Å². The largest absolute Gasteiger partial charge is 0.493 e. The summed E-state index contributed by atoms with van der Waals surface area (Å²) in [6, 6.07) is 5.33. The van der Waals surface area contributed by atoms with Crippen molar-refractivity contribution in [3.8, 4) is 23.3 Å². The molecular formula is C18H17ClN2O6. The first-order chi connectivity index (χ1) is 13.0. The molecule has 8 nitrogen and oxygen atoms in total. The first kappa shape index (κ1) is 18.7. The zero-order valence-electron chi connectivity index (χ0n) is 14.7. The highest BCUT2D eigenvalue weighted by molar-refractivity contribution is 6.19. The molecule has 0 spiro atoms. The van der Waals surface area contributed by atoms with Gasteiger partial charge in [-0.3, -0.25) is 0 Å². The van der Waals surface area contributed by atoms with Crippen molar-refractivity contribution in [1.29, 1.82) is 5.26 Å². The van der Waals surface area contributed by atoms with Gasteiger partial charge in [0.05, 0.1) is 31.1 Å². The van der Waals surface area contributed by atoms with Crippen LogP contribution in [0.4, 0.5) is 0 Å². The Labute approximate surface area is 160 Å². The van der Waals surface area contributed by atoms with Gasteiger partial charge in [-0.05, 0) is 24.6 Å². The molecule has 0 radical (unpaired) electrons. The summed E-state index contributed by atoms with van der Waals surface area (Å²) in [5.41, 5.74) is 6.61. The first-order valence-corrected chi connectivity index (χ1v) is 8.60. The van der Waals surface area contributed by atoms with E-state index in [4.69, 9.17) is 41.0 Å². The molecular weight excluding hydrogens is 376 g/mol. The number of carbonyl (C=O) groups excluding carboxylic acids is 1. The highest BCUT2D eigenvalue weighted by atomic mass is 35.5. The average Bonchev–Trinajstić information content (AvgIpc) is 3.14. The number of alkyl halides is 1. The lowest BCUT2D eigenvalue weighted by Gasteiger charge is -2.27. The topological polar surface area (TPSA) is 113 Å². The number of rotatable bonds is 5. The van der Waals surface area contributed by atoms with E-state index in [-0.39, 0.29) is 42.1 Å². The highest BCUT2D eigenvalue weighted by Crippen LogP contribution is 2.47. The van der Waals surface area contributed by atoms with Crippen molar-refractivity contribution in [3.63, 3.8) is 0 Å². The summed E-state index contributed by atoms with van der Waals surface area (Å²) < 4.78 is 26.8. The molecule has 2 aliphatic rings. The number of fused-ring (bicyclic) bond motifs is 1. The number of methoxy groups -OCH3 is 1. The first-order valence-electron chi connectivity index (χ1n) is 8.06. The Morgan fingerprint density at radius 3 is 2.85 bits per heavy atom. The molecule has 2 heterocycles. The molecule has 3 rings (SSSR count). The Morgan fingerprint density at radius 1 is 1.44 bits per heavy atom. The van der Waals surface area contributed by atoms with Crippen LogP contribution in [0.5, 0.6) is 17.2 Å². The van der Waals surface area contributed by atoms with Crippen molar-refractivity contribution >= 4 is 17.6 Å². The number of hydrogen-bond donors (Lipinski definition) is 1. The van der Waals surface area contributed by atoms with Crippen LogP contribution in [-0.2, 0) is 14.3 Å². The fourth-order valence-corrected chi connectivity index (χ4v) is 3.20. The second-order valence-corrected chi connectivity index (χ2v) is 5.84. The second kappa shape index (κ2) is 7.68. The Balaban J connectivity index is 2.22. The average molecular weight is 393 g/mol. The third-order valence-electron chi connectivity index (χ3n) is 4.13. The van der Waals surface area contributed by atoms with Crippen LogP contribution >= 0.6 is 11.6 Å². The second-order valence-electron chi connectivity index (χ2n) is 5.57. The van der Waals surface area contributed by atoms with Gasteiger partial charge in [0, 0.05) is 0 Å². The third-order valence-corrected chi connectivity index (χ3v) is 4.37. The zero-order chi connectivity index (χ0) is 19.6. The Bertz CT molecular complexity index is 887. The molecule has 0 fully saturated rings. The lowest BCUT2D eigenvalue weighted by atomic mass is 9.83. The number of nitrogens with two attached hydrogens (primary N) is 1. The summed E-state index contributed by atoms with van der Waals surface area (Å²) in [5, 5.41) is 9.64. The van der Waals surface area contributed by atoms with Crippen LogP contribution in [-0.4, -0.2) is 32.4 Å². The molecule has 142 valence electrons. The van der Waals surface area contributed by atoms with Gasteiger partial charge in [0.15, 0.2) is 11.5 Å². The van der Waals surface area contributed by atoms with Crippen LogP contribution < -0.4 is 19.9 Å². The lowest BCUT2D eigenvalue weighted by molar-refractivity contribution is -0.139. The van der Waals surface area contributed by atoms with E-state index in [9.17, 15) is 10.1 Å². The van der Waals surface area contributed by atoms with Crippen molar-refractivity contribution in [1.82, 2.24) is 0 Å². The maximum atomic E-state index is 12.6. The molecule has 0 aromatic heterocycles. The monoisotopic (exact) mass is 392 g/mol. The van der Waals surface area contributed by atoms with Crippen molar-refractivity contribution in [2.24, 2.45) is 5.73 Å². The standard InChI is InChI=1S/C18H17ClN2O6/c1-3-24-18(22)15-13(6-19)27-17(21)10(7-20)14(15)9-4-11(23-2)16-12(5-9)25-8-26-16/h4-5,14H,3,6,8,21H2,1-2H3. The number of nitriles is 1. The molecule has 2 aliphatic heterocycles. The van der Waals surface area contributed by atoms with Crippen LogP contribution in [0.2, 0.25) is 0 Å². The van der Waals surface area contributed by atoms with Crippen LogP contribution in [0.3, 0.4) is 0 Å². The zero-order valence-corrected chi connectivity index (χ0v) is 15.5. The number of allylic oxidation sites excluding steroid dienone is 2. The van der Waals surface area contributed by atoms with Crippen LogP contribution in [0.25, 0.3) is 0 Å². The predicted molar refractivity (Wildman–Crippen MR) is 94.1 cm³/mol. The summed E-state index contributed by atoms with van der Waals surface area (Å²) in [7, 11) is 1.48. The number of halogens is 1. The predicted octanol–water partition coefficient (Wildman–Crippen LogP) is 2.29. The maximum absolute atomic E-state index is 12.6. The molecule has 1 atom stereocenters. The molecule has 0 bridgehead atoms. The van der Waals surface area contributed by atoms with Gasteiger partial charge in [-0.25, -0.2) is 4.79 Å². The molecule has 0 aliphatic carbocycles. The fraction of sp³-hybridized carbons (Fsp3) is 0.333. The number of hydrogen-bond acceptors (Lipinski definition) is 8. The lowest BCUT2D eigenvalue weighted by Crippen LogP contribution is -2.26. The summed E-state index contributed by atoms with van der Waals surface area (Å²) in [6.45, 7) is 1.87. The van der Waals surface area contributed by atoms with Gasteiger partial charge in [-0.15, -0.1) is 11.6 Å². The SMILES string of the molecule is CCOC(=O)C1=C(CCl)OC(N)=C(C#N)C1c1cc(OC)c2c(c1)OCO2. The minimum Gasteiger partial charge on any atom is -0.493 e. The maximum Gasteiger partial charge on any atom is 0.338 e. The molecule has 0 saturated carbocycles. The number of ether oxygens (including phenoxy) is 5. The van der Waals surface area contributed by atoms with Gasteiger partial charge in [0.2, 0.25) is 18.4 Å². The molecule has 1 aromatic carbocycles. The Kier molecular flexibility index (Phi) is 5.33. The number of carbonyl (C=O) groups is 1. The van der Waals surface area contributed by atoms with Gasteiger partial charge >= 0.3 is 5.97 Å². The van der Waals surface area contributed by atoms with Gasteiger partial charge in [0.25, 0.3) is 0 Å². The highest BCUT2D eigenvalue weighted by Gasteiger charge is 2.38. The van der Waals surface area contributed by atoms with E-state index in [0.29, 0.717) is 22.8 Å². The smallest absolute Gasteiger partial charge is 0.338 e. The van der Waals surface area contributed by atoms with Gasteiger partial charge in [-0.1, -0.05) is 0 Å². The van der Waals surface area contributed by atoms with Crippen LogP contribution in [0, 0.1) is 11.3 Å². The number of nitrogens with zero attached hydrogens (tertiary/aromatic N) is 1. The number of esters is 1. The van der Waals surface area contributed by atoms with E-state index < -0.39 is 11.9 Å². The summed E-state index contributed by atoms with van der Waals surface area (Å²) in [6.07, 6.45) is 0. The van der Waals surface area contributed by atoms with Crippen molar-refractivity contribution in [2.45, 2.75) is 12.8 Å². The van der Waals surface area contributed by atoms with E-state index in [0.717, 1.165) is 0 Å². The third kappa shape index (κ3) is 3.22. The summed E-state index contributed by atoms with van der Waals surface area (Å²) >= 11 is 5.96. The molecule has 2 N–H and O–H groups in total. The Morgan fingerprint density at radius 2 is 2.22 bits per heavy atom. The quantitative estimate of drug-likeness (QED) is 0.599. The van der Waals surface area contributed by atoms with Crippen LogP contribution in [0.15, 0.2) is 34.9 Å². The molecule has 1 aromatic rings. The fourth-order valence-electron chi connectivity index (χ4n) is 3.00. The van der Waals surface area contributed by atoms with Crippen LogP contribution in [0.1, 0.15) is 18.4 Å². The van der Waals surface area contributed by atoms with Gasteiger partial charge < -0.3 is 29.4 Å². The van der Waals surface area contributed by atoms with E-state index in [1.165, 1.54) is 7.11 Å². The Hall–Kier alpha value is -3.05.